The highest BCUT2D eigenvalue weighted by atomic mass is 32.2. The van der Waals surface area contributed by atoms with Gasteiger partial charge in [0.2, 0.25) is 15.9 Å². The number of sulfonamides is 1. The fraction of sp³-hybridized carbons (Fsp3) is 0.200. The average Bonchev–Trinajstić information content (AvgIpc) is 2.68. The average molecular weight is 415 g/mol. The van der Waals surface area contributed by atoms with Crippen molar-refractivity contribution in [3.63, 3.8) is 0 Å². The number of nitrogens with one attached hydrogen (secondary N) is 3. The SMILES string of the molecule is CC1Oc2ccc(NC(=O)CCNS(=O)(=O)/C=C/c3ccccc3)cc2NC1=O. The highest BCUT2D eigenvalue weighted by Crippen LogP contribution is 2.32. The zero-order valence-electron chi connectivity index (χ0n) is 15.7. The van der Waals surface area contributed by atoms with Crippen molar-refractivity contribution in [1.29, 1.82) is 0 Å². The standard InChI is InChI=1S/C20H21N3O5S/c1-14-20(25)23-17-13-16(7-8-18(17)28-14)22-19(24)9-11-21-29(26,27)12-10-15-5-3-2-4-6-15/h2-8,10,12-14,21H,9,11H2,1H3,(H,22,24)(H,23,25)/b12-10+. The molecule has 0 bridgehead atoms. The van der Waals surface area contributed by atoms with Crippen molar-refractivity contribution < 1.29 is 22.7 Å². The molecular formula is C20H21N3O5S. The van der Waals surface area contributed by atoms with Crippen LogP contribution >= 0.6 is 0 Å². The number of hydrogen-bond acceptors (Lipinski definition) is 5. The second-order valence-electron chi connectivity index (χ2n) is 6.41. The van der Waals surface area contributed by atoms with Crippen LogP contribution in [0.25, 0.3) is 6.08 Å². The maximum absolute atomic E-state index is 12.1. The Labute approximate surface area is 169 Å². The Morgan fingerprint density at radius 3 is 2.72 bits per heavy atom. The van der Waals surface area contributed by atoms with Gasteiger partial charge in [0.15, 0.2) is 6.10 Å². The number of amides is 2. The lowest BCUT2D eigenvalue weighted by atomic mass is 10.2. The molecule has 3 N–H and O–H groups in total. The fourth-order valence-corrected chi connectivity index (χ4v) is 3.42. The van der Waals surface area contributed by atoms with Crippen LogP contribution in [0, 0.1) is 0 Å². The molecule has 2 aromatic rings. The van der Waals surface area contributed by atoms with Gasteiger partial charge in [0, 0.05) is 24.1 Å². The molecule has 0 fully saturated rings. The van der Waals surface area contributed by atoms with Gasteiger partial charge in [-0.1, -0.05) is 30.3 Å². The maximum Gasteiger partial charge on any atom is 0.265 e. The molecule has 1 aliphatic heterocycles. The Hall–Kier alpha value is -3.17. The van der Waals surface area contributed by atoms with E-state index in [-0.39, 0.29) is 24.8 Å². The first kappa shape index (κ1) is 20.6. The summed E-state index contributed by atoms with van der Waals surface area (Å²) in [6.07, 6.45) is 0.856. The number of ether oxygens (including phenoxy) is 1. The summed E-state index contributed by atoms with van der Waals surface area (Å²) in [6.45, 7) is 1.60. The lowest BCUT2D eigenvalue weighted by molar-refractivity contribution is -0.122. The molecule has 9 heteroatoms. The van der Waals surface area contributed by atoms with Crippen LogP contribution in [-0.4, -0.2) is 32.9 Å². The molecule has 3 rings (SSSR count). The number of carbonyl (C=O) groups excluding carboxylic acids is 2. The summed E-state index contributed by atoms with van der Waals surface area (Å²) < 4.78 is 31.8. The summed E-state index contributed by atoms with van der Waals surface area (Å²) in [6, 6.07) is 13.9. The van der Waals surface area contributed by atoms with E-state index in [1.165, 1.54) is 6.08 Å². The number of anilines is 2. The summed E-state index contributed by atoms with van der Waals surface area (Å²) in [7, 11) is -3.65. The third-order valence-corrected chi connectivity index (χ3v) is 5.19. The molecule has 1 unspecified atom stereocenters. The highest BCUT2D eigenvalue weighted by molar-refractivity contribution is 7.92. The monoisotopic (exact) mass is 415 g/mol. The van der Waals surface area contributed by atoms with Gasteiger partial charge in [-0.05, 0) is 36.8 Å². The van der Waals surface area contributed by atoms with E-state index in [4.69, 9.17) is 4.74 Å². The zero-order chi connectivity index (χ0) is 20.9. The molecule has 152 valence electrons. The predicted molar refractivity (Wildman–Crippen MR) is 111 cm³/mol. The van der Waals surface area contributed by atoms with E-state index in [2.05, 4.69) is 15.4 Å². The van der Waals surface area contributed by atoms with Gasteiger partial charge < -0.3 is 15.4 Å². The summed E-state index contributed by atoms with van der Waals surface area (Å²) in [5.74, 6) is -0.108. The van der Waals surface area contributed by atoms with Crippen molar-refractivity contribution in [2.45, 2.75) is 19.4 Å². The lowest BCUT2D eigenvalue weighted by Gasteiger charge is -2.23. The van der Waals surface area contributed by atoms with Crippen molar-refractivity contribution in [2.75, 3.05) is 17.2 Å². The molecule has 1 heterocycles. The second-order valence-corrected chi connectivity index (χ2v) is 8.06. The van der Waals surface area contributed by atoms with E-state index in [1.54, 1.807) is 37.3 Å². The van der Waals surface area contributed by atoms with Gasteiger partial charge in [0.25, 0.3) is 5.91 Å². The first-order chi connectivity index (χ1) is 13.8. The van der Waals surface area contributed by atoms with E-state index in [0.717, 1.165) is 11.0 Å². The van der Waals surface area contributed by atoms with Crippen LogP contribution in [0.3, 0.4) is 0 Å². The van der Waals surface area contributed by atoms with E-state index >= 15 is 0 Å². The fourth-order valence-electron chi connectivity index (χ4n) is 2.60. The zero-order valence-corrected chi connectivity index (χ0v) is 16.5. The number of benzene rings is 2. The quantitative estimate of drug-likeness (QED) is 0.642. The minimum Gasteiger partial charge on any atom is -0.479 e. The third-order valence-electron chi connectivity index (χ3n) is 4.09. The Balaban J connectivity index is 1.49. The van der Waals surface area contributed by atoms with Gasteiger partial charge in [-0.3, -0.25) is 9.59 Å². The van der Waals surface area contributed by atoms with Crippen molar-refractivity contribution in [3.05, 3.63) is 59.5 Å². The largest absolute Gasteiger partial charge is 0.479 e. The lowest BCUT2D eigenvalue weighted by Crippen LogP contribution is -2.34. The van der Waals surface area contributed by atoms with E-state index < -0.39 is 16.1 Å². The maximum atomic E-state index is 12.1. The molecule has 1 atom stereocenters. The van der Waals surface area contributed by atoms with Gasteiger partial charge >= 0.3 is 0 Å². The summed E-state index contributed by atoms with van der Waals surface area (Å²) in [4.78, 5) is 23.8. The molecule has 29 heavy (non-hydrogen) atoms. The van der Waals surface area contributed by atoms with Crippen LogP contribution < -0.4 is 20.1 Å². The molecule has 1 aliphatic rings. The molecule has 0 aliphatic carbocycles. The third kappa shape index (κ3) is 5.90. The van der Waals surface area contributed by atoms with Crippen molar-refractivity contribution in [2.24, 2.45) is 0 Å². The minimum absolute atomic E-state index is 0.0460. The molecule has 2 aromatic carbocycles. The van der Waals surface area contributed by atoms with Crippen molar-refractivity contribution in [3.8, 4) is 5.75 Å². The molecule has 2 amide bonds. The van der Waals surface area contributed by atoms with Gasteiger partial charge in [-0.15, -0.1) is 0 Å². The number of fused-ring (bicyclic) bond motifs is 1. The normalized spacial score (nSPS) is 16.0. The Kier molecular flexibility index (Phi) is 6.30. The molecule has 0 aromatic heterocycles. The van der Waals surface area contributed by atoms with Crippen LogP contribution in [0.2, 0.25) is 0 Å². The summed E-state index contributed by atoms with van der Waals surface area (Å²) >= 11 is 0. The Morgan fingerprint density at radius 2 is 1.97 bits per heavy atom. The molecule has 0 radical (unpaired) electrons. The predicted octanol–water partition coefficient (Wildman–Crippen LogP) is 2.32. The minimum atomic E-state index is -3.65. The van der Waals surface area contributed by atoms with Crippen LogP contribution in [0.15, 0.2) is 53.9 Å². The van der Waals surface area contributed by atoms with E-state index in [9.17, 15) is 18.0 Å². The van der Waals surface area contributed by atoms with Crippen molar-refractivity contribution >= 4 is 39.3 Å². The van der Waals surface area contributed by atoms with Crippen LogP contribution in [0.4, 0.5) is 11.4 Å². The van der Waals surface area contributed by atoms with Gasteiger partial charge in [0.05, 0.1) is 5.69 Å². The number of hydrogen-bond donors (Lipinski definition) is 3. The topological polar surface area (TPSA) is 114 Å². The van der Waals surface area contributed by atoms with Gasteiger partial charge in [-0.25, -0.2) is 13.1 Å². The van der Waals surface area contributed by atoms with Gasteiger partial charge in [0.1, 0.15) is 5.75 Å². The smallest absolute Gasteiger partial charge is 0.265 e. The van der Waals surface area contributed by atoms with Crippen LogP contribution in [0.1, 0.15) is 18.9 Å². The Bertz CT molecular complexity index is 1040. The van der Waals surface area contributed by atoms with E-state index in [0.29, 0.717) is 17.1 Å². The summed E-state index contributed by atoms with van der Waals surface area (Å²) in [5, 5.41) is 6.43. The van der Waals surface area contributed by atoms with Gasteiger partial charge in [-0.2, -0.15) is 0 Å². The first-order valence-corrected chi connectivity index (χ1v) is 10.5. The molecular weight excluding hydrogens is 394 g/mol. The molecule has 8 nitrogen and oxygen atoms in total. The molecule has 0 saturated carbocycles. The Morgan fingerprint density at radius 1 is 1.21 bits per heavy atom. The number of carbonyl (C=O) groups is 2. The first-order valence-electron chi connectivity index (χ1n) is 8.97. The van der Waals surface area contributed by atoms with Crippen LogP contribution in [0.5, 0.6) is 5.75 Å². The van der Waals surface area contributed by atoms with E-state index in [1.807, 2.05) is 18.2 Å². The number of rotatable bonds is 7. The van der Waals surface area contributed by atoms with Crippen molar-refractivity contribution in [1.82, 2.24) is 4.72 Å². The second kappa shape index (κ2) is 8.89. The molecule has 0 saturated heterocycles. The molecule has 0 spiro atoms. The summed E-state index contributed by atoms with van der Waals surface area (Å²) in [5.41, 5.74) is 1.70. The van der Waals surface area contributed by atoms with Crippen LogP contribution in [-0.2, 0) is 19.6 Å². The highest BCUT2D eigenvalue weighted by Gasteiger charge is 2.23.